The zero-order valence-corrected chi connectivity index (χ0v) is 15.3. The number of carbonyl (C=O) groups excluding carboxylic acids is 1. The smallest absolute Gasteiger partial charge is 0.226 e. The number of carbonyl (C=O) groups is 1. The number of benzene rings is 2. The van der Waals surface area contributed by atoms with Crippen molar-refractivity contribution in [1.29, 1.82) is 0 Å². The highest BCUT2D eigenvalue weighted by Crippen LogP contribution is 2.25. The molecule has 1 aromatic heterocycles. The van der Waals surface area contributed by atoms with Crippen LogP contribution in [0.25, 0.3) is 0 Å². The number of hydrogen-bond acceptors (Lipinski definition) is 4. The Labute approximate surface area is 159 Å². The van der Waals surface area contributed by atoms with Gasteiger partial charge in [-0.15, -0.1) is 0 Å². The van der Waals surface area contributed by atoms with Gasteiger partial charge in [0.15, 0.2) is 11.5 Å². The van der Waals surface area contributed by atoms with E-state index in [1.165, 1.54) is 0 Å². The van der Waals surface area contributed by atoms with Gasteiger partial charge < -0.3 is 18.8 Å². The van der Waals surface area contributed by atoms with E-state index in [9.17, 15) is 4.79 Å². The van der Waals surface area contributed by atoms with Gasteiger partial charge in [0.1, 0.15) is 5.76 Å². The minimum absolute atomic E-state index is 0.00477. The van der Waals surface area contributed by atoms with E-state index in [0.29, 0.717) is 24.6 Å². The Kier molecular flexibility index (Phi) is 6.52. The summed E-state index contributed by atoms with van der Waals surface area (Å²) in [5.74, 6) is 2.05. The van der Waals surface area contributed by atoms with Gasteiger partial charge in [0.25, 0.3) is 0 Å². The topological polar surface area (TPSA) is 51.9 Å². The summed E-state index contributed by atoms with van der Waals surface area (Å²) in [6, 6.07) is 21.0. The van der Waals surface area contributed by atoms with Crippen LogP contribution in [-0.4, -0.2) is 24.5 Å². The van der Waals surface area contributed by atoms with Crippen molar-refractivity contribution in [2.75, 3.05) is 13.7 Å². The molecule has 0 aliphatic carbocycles. The molecule has 0 unspecified atom stereocenters. The van der Waals surface area contributed by atoms with Crippen LogP contribution in [0.15, 0.2) is 77.4 Å². The van der Waals surface area contributed by atoms with Crippen LogP contribution in [0.5, 0.6) is 11.5 Å². The fourth-order valence-electron chi connectivity index (χ4n) is 2.77. The lowest BCUT2D eigenvalue weighted by Crippen LogP contribution is -2.31. The standard InChI is InChI=1S/C22H23NO4/c1-25-20-11-5-6-12-21(20)27-15-13-22(24)23(17-19-10-7-14-26-19)16-18-8-3-2-4-9-18/h2-12,14H,13,15-17H2,1H3. The minimum atomic E-state index is 0.00477. The van der Waals surface area contributed by atoms with Crippen molar-refractivity contribution in [2.24, 2.45) is 0 Å². The molecule has 0 saturated carbocycles. The molecule has 0 saturated heterocycles. The van der Waals surface area contributed by atoms with Crippen molar-refractivity contribution in [3.63, 3.8) is 0 Å². The van der Waals surface area contributed by atoms with Crippen LogP contribution in [-0.2, 0) is 17.9 Å². The van der Waals surface area contributed by atoms with E-state index in [1.54, 1.807) is 18.3 Å². The van der Waals surface area contributed by atoms with Gasteiger partial charge in [0, 0.05) is 6.54 Å². The van der Waals surface area contributed by atoms with Gasteiger partial charge >= 0.3 is 0 Å². The Hall–Kier alpha value is -3.21. The van der Waals surface area contributed by atoms with Crippen LogP contribution in [0.3, 0.4) is 0 Å². The zero-order chi connectivity index (χ0) is 18.9. The Bertz CT molecular complexity index is 831. The number of amides is 1. The molecule has 0 aliphatic heterocycles. The van der Waals surface area contributed by atoms with E-state index in [2.05, 4.69) is 0 Å². The van der Waals surface area contributed by atoms with Crippen molar-refractivity contribution in [1.82, 2.24) is 4.90 Å². The van der Waals surface area contributed by atoms with E-state index in [-0.39, 0.29) is 18.9 Å². The van der Waals surface area contributed by atoms with Crippen LogP contribution in [0.1, 0.15) is 17.7 Å². The first-order valence-electron chi connectivity index (χ1n) is 8.86. The number of para-hydroxylation sites is 2. The van der Waals surface area contributed by atoms with E-state index < -0.39 is 0 Å². The number of methoxy groups -OCH3 is 1. The maximum absolute atomic E-state index is 12.8. The lowest BCUT2D eigenvalue weighted by molar-refractivity contribution is -0.133. The van der Waals surface area contributed by atoms with Gasteiger partial charge in [0.05, 0.1) is 32.9 Å². The summed E-state index contributed by atoms with van der Waals surface area (Å²) in [5.41, 5.74) is 1.07. The number of rotatable bonds is 9. The first-order valence-corrected chi connectivity index (χ1v) is 8.86. The van der Waals surface area contributed by atoms with E-state index in [0.717, 1.165) is 11.3 Å². The summed E-state index contributed by atoms with van der Waals surface area (Å²) in [7, 11) is 1.60. The summed E-state index contributed by atoms with van der Waals surface area (Å²) in [4.78, 5) is 14.6. The molecule has 2 aromatic carbocycles. The SMILES string of the molecule is COc1ccccc1OCCC(=O)N(Cc1ccccc1)Cc1ccco1. The van der Waals surface area contributed by atoms with Gasteiger partial charge in [0.2, 0.25) is 5.91 Å². The van der Waals surface area contributed by atoms with Crippen molar-refractivity contribution < 1.29 is 18.7 Å². The van der Waals surface area contributed by atoms with Gasteiger partial charge in [-0.3, -0.25) is 4.79 Å². The second-order valence-corrected chi connectivity index (χ2v) is 6.06. The van der Waals surface area contributed by atoms with Crippen LogP contribution in [0.2, 0.25) is 0 Å². The zero-order valence-electron chi connectivity index (χ0n) is 15.3. The highest BCUT2D eigenvalue weighted by molar-refractivity contribution is 5.76. The average Bonchev–Trinajstić information content (AvgIpc) is 3.22. The van der Waals surface area contributed by atoms with Crippen LogP contribution >= 0.6 is 0 Å². The summed E-state index contributed by atoms with van der Waals surface area (Å²) in [6.07, 6.45) is 1.89. The average molecular weight is 365 g/mol. The van der Waals surface area contributed by atoms with Gasteiger partial charge in [-0.2, -0.15) is 0 Å². The largest absolute Gasteiger partial charge is 0.493 e. The number of hydrogen-bond donors (Lipinski definition) is 0. The van der Waals surface area contributed by atoms with Gasteiger partial charge in [-0.05, 0) is 29.8 Å². The third-order valence-electron chi connectivity index (χ3n) is 4.14. The molecule has 0 fully saturated rings. The number of ether oxygens (including phenoxy) is 2. The molecule has 27 heavy (non-hydrogen) atoms. The predicted molar refractivity (Wildman–Crippen MR) is 103 cm³/mol. The first-order chi connectivity index (χ1) is 13.3. The van der Waals surface area contributed by atoms with E-state index in [1.807, 2.05) is 66.7 Å². The molecule has 0 atom stereocenters. The molecule has 3 rings (SSSR count). The van der Waals surface area contributed by atoms with Gasteiger partial charge in [-0.25, -0.2) is 0 Å². The molecule has 140 valence electrons. The Morgan fingerprint density at radius 2 is 1.67 bits per heavy atom. The molecule has 3 aromatic rings. The molecule has 1 heterocycles. The molecule has 0 bridgehead atoms. The molecule has 5 nitrogen and oxygen atoms in total. The second-order valence-electron chi connectivity index (χ2n) is 6.06. The Morgan fingerprint density at radius 3 is 2.37 bits per heavy atom. The van der Waals surface area contributed by atoms with Crippen LogP contribution < -0.4 is 9.47 Å². The predicted octanol–water partition coefficient (Wildman–Crippen LogP) is 4.29. The van der Waals surface area contributed by atoms with Crippen LogP contribution in [0, 0.1) is 0 Å². The highest BCUT2D eigenvalue weighted by Gasteiger charge is 2.16. The molecular formula is C22H23NO4. The summed E-state index contributed by atoms with van der Waals surface area (Å²) in [5, 5.41) is 0. The normalized spacial score (nSPS) is 10.4. The van der Waals surface area contributed by atoms with E-state index in [4.69, 9.17) is 13.9 Å². The summed E-state index contributed by atoms with van der Waals surface area (Å²) in [6.45, 7) is 1.23. The lowest BCUT2D eigenvalue weighted by Gasteiger charge is -2.22. The molecule has 0 radical (unpaired) electrons. The molecule has 5 heteroatoms. The van der Waals surface area contributed by atoms with Crippen molar-refractivity contribution >= 4 is 5.91 Å². The second kappa shape index (κ2) is 9.48. The summed E-state index contributed by atoms with van der Waals surface area (Å²) >= 11 is 0. The summed E-state index contributed by atoms with van der Waals surface area (Å²) < 4.78 is 16.4. The third kappa shape index (κ3) is 5.38. The van der Waals surface area contributed by atoms with Crippen LogP contribution in [0.4, 0.5) is 0 Å². The first kappa shape index (κ1) is 18.6. The quantitative estimate of drug-likeness (QED) is 0.568. The van der Waals surface area contributed by atoms with Crippen molar-refractivity contribution in [3.05, 3.63) is 84.3 Å². The highest BCUT2D eigenvalue weighted by atomic mass is 16.5. The fraction of sp³-hybridized carbons (Fsp3) is 0.227. The maximum atomic E-state index is 12.8. The van der Waals surface area contributed by atoms with Crippen molar-refractivity contribution in [2.45, 2.75) is 19.5 Å². The minimum Gasteiger partial charge on any atom is -0.493 e. The Morgan fingerprint density at radius 1 is 0.926 bits per heavy atom. The van der Waals surface area contributed by atoms with Crippen molar-refractivity contribution in [3.8, 4) is 11.5 Å². The molecule has 0 N–H and O–H groups in total. The molecule has 0 aliphatic rings. The molecule has 0 spiro atoms. The Balaban J connectivity index is 1.61. The maximum Gasteiger partial charge on any atom is 0.226 e. The fourth-order valence-corrected chi connectivity index (χ4v) is 2.77. The number of furan rings is 1. The number of nitrogens with zero attached hydrogens (tertiary/aromatic N) is 1. The monoisotopic (exact) mass is 365 g/mol. The molecule has 1 amide bonds. The third-order valence-corrected chi connectivity index (χ3v) is 4.14. The lowest BCUT2D eigenvalue weighted by atomic mass is 10.2. The molecular weight excluding hydrogens is 342 g/mol. The van der Waals surface area contributed by atoms with Gasteiger partial charge in [-0.1, -0.05) is 42.5 Å². The van der Waals surface area contributed by atoms with E-state index >= 15 is 0 Å².